The molecule has 3 heterocycles. The number of aliphatic hydroxyl groups is 1. The number of nitrogens with zero attached hydrogens (tertiary/aromatic N) is 2. The Morgan fingerprint density at radius 1 is 1.20 bits per heavy atom. The largest absolute Gasteiger partial charge is 0.598 e. The Morgan fingerprint density at radius 2 is 1.84 bits per heavy atom. The summed E-state index contributed by atoms with van der Waals surface area (Å²) >= 11 is -1.34. The third-order valence-corrected chi connectivity index (χ3v) is 14.0. The maximum Gasteiger partial charge on any atom is 0.313 e. The predicted molar refractivity (Wildman–Crippen MR) is 195 cm³/mol. The van der Waals surface area contributed by atoms with E-state index in [0.29, 0.717) is 19.4 Å². The van der Waals surface area contributed by atoms with Crippen molar-refractivity contribution in [3.63, 3.8) is 0 Å². The van der Waals surface area contributed by atoms with Crippen LogP contribution in [0.5, 0.6) is 0 Å². The number of fused-ring (bicyclic) bond motifs is 2. The topological polar surface area (TPSA) is 162 Å². The molecule has 0 aromatic rings. The van der Waals surface area contributed by atoms with Crippen LogP contribution in [0.25, 0.3) is 0 Å². The molecule has 15 atom stereocenters. The normalized spacial score (nSPS) is 43.2. The number of morpholine rings is 1. The Hall–Kier alpha value is -1.36. The second-order valence-electron chi connectivity index (χ2n) is 17.5. The van der Waals surface area contributed by atoms with Gasteiger partial charge in [-0.2, -0.15) is 0 Å². The molecule has 1 aliphatic carbocycles. The smallest absolute Gasteiger partial charge is 0.313 e. The molecule has 0 aromatic heterocycles. The second kappa shape index (κ2) is 16.2. The number of ketones is 1. The van der Waals surface area contributed by atoms with E-state index in [1.807, 2.05) is 74.5 Å². The minimum atomic E-state index is -1.34. The van der Waals surface area contributed by atoms with Gasteiger partial charge in [-0.1, -0.05) is 27.7 Å². The minimum Gasteiger partial charge on any atom is -0.598 e. The molecule has 1 saturated carbocycles. The number of likely N-dealkylation sites (N-methyl/N-ethyl adjacent to an activating group) is 2. The summed E-state index contributed by atoms with van der Waals surface area (Å²) in [6.07, 6.45) is -2.65. The predicted octanol–water partition coefficient (Wildman–Crippen LogP) is 2.41. The van der Waals surface area contributed by atoms with Gasteiger partial charge in [-0.05, 0) is 99.2 Å². The standard InChI is InChI=1S/C37H66N4O9S/c1-14-28-37(10)32(38-29(43)19-47-37)23(5)41(13)18-20(2)24-17-36(24,9)33(21(3)26(42)16-30(44)49-28)50-34-31(45)25(40(11)12)15-27(48-34)22(4)39-51(46)35(6,7)8/h20-25,27-28,31-34,39,45H,14-19H2,1-13H3,(H,38,43)/t20-,21-,22?,23+,24?,25?,27-,28+,31+,32+,33+,34-,36+,37+,51-/m0/s1. The second-order valence-corrected chi connectivity index (χ2v) is 19.5. The summed E-state index contributed by atoms with van der Waals surface area (Å²) in [6, 6.07) is -1.26. The first-order valence-corrected chi connectivity index (χ1v) is 19.9. The molecule has 0 aromatic carbocycles. The lowest BCUT2D eigenvalue weighted by atomic mass is 9.82. The van der Waals surface area contributed by atoms with Crippen molar-refractivity contribution in [3.05, 3.63) is 0 Å². The number of ether oxygens (including phenoxy) is 4. The first kappa shape index (κ1) is 42.4. The van der Waals surface area contributed by atoms with Crippen molar-refractivity contribution in [1.82, 2.24) is 19.8 Å². The van der Waals surface area contributed by atoms with Gasteiger partial charge in [-0.25, -0.2) is 0 Å². The number of carbonyl (C=O) groups excluding carboxylic acids is 3. The molecular weight excluding hydrogens is 676 g/mol. The Morgan fingerprint density at radius 3 is 2.43 bits per heavy atom. The number of amides is 1. The quantitative estimate of drug-likeness (QED) is 0.199. The van der Waals surface area contributed by atoms with Gasteiger partial charge in [0.1, 0.15) is 41.4 Å². The van der Waals surface area contributed by atoms with Crippen LogP contribution in [0.15, 0.2) is 0 Å². The summed E-state index contributed by atoms with van der Waals surface area (Å²) in [7, 11) is 5.83. The Kier molecular flexibility index (Phi) is 13.4. The average Bonchev–Trinajstić information content (AvgIpc) is 3.74. The molecule has 1 amide bonds. The monoisotopic (exact) mass is 742 g/mol. The van der Waals surface area contributed by atoms with Gasteiger partial charge in [0.05, 0.1) is 24.3 Å². The fourth-order valence-corrected chi connectivity index (χ4v) is 9.51. The Bertz CT molecular complexity index is 1250. The van der Waals surface area contributed by atoms with E-state index in [4.69, 9.17) is 18.9 Å². The summed E-state index contributed by atoms with van der Waals surface area (Å²) in [5.41, 5.74) is -1.46. The van der Waals surface area contributed by atoms with Crippen LogP contribution in [0.1, 0.15) is 94.9 Å². The van der Waals surface area contributed by atoms with Crippen molar-refractivity contribution in [3.8, 4) is 0 Å². The highest BCUT2D eigenvalue weighted by atomic mass is 32.2. The third-order valence-electron chi connectivity index (χ3n) is 12.3. The van der Waals surface area contributed by atoms with Gasteiger partial charge < -0.3 is 43.7 Å². The third kappa shape index (κ3) is 9.13. The summed E-state index contributed by atoms with van der Waals surface area (Å²) in [5, 5.41) is 14.8. The fourth-order valence-electron chi connectivity index (χ4n) is 8.66. The van der Waals surface area contributed by atoms with E-state index in [1.54, 1.807) is 6.92 Å². The van der Waals surface area contributed by atoms with Crippen molar-refractivity contribution in [1.29, 1.82) is 0 Å². The van der Waals surface area contributed by atoms with Crippen LogP contribution in [0.2, 0.25) is 0 Å². The van der Waals surface area contributed by atoms with Crippen LogP contribution < -0.4 is 10.0 Å². The van der Waals surface area contributed by atoms with Crippen LogP contribution in [0.3, 0.4) is 0 Å². The highest BCUT2D eigenvalue weighted by Gasteiger charge is 2.61. The fraction of sp³-hybridized carbons (Fsp3) is 0.919. The number of cyclic esters (lactones) is 1. The number of aliphatic hydroxyl groups excluding tert-OH is 1. The Labute approximate surface area is 308 Å². The highest BCUT2D eigenvalue weighted by molar-refractivity contribution is 7.90. The molecule has 294 valence electrons. The molecule has 0 radical (unpaired) electrons. The molecule has 3 N–H and O–H groups in total. The molecule has 0 bridgehead atoms. The summed E-state index contributed by atoms with van der Waals surface area (Å²) in [6.45, 7) is 20.1. The number of carbonyl (C=O) groups is 3. The van der Waals surface area contributed by atoms with Crippen molar-refractivity contribution in [2.24, 2.45) is 23.2 Å². The molecule has 3 saturated heterocycles. The zero-order chi connectivity index (χ0) is 38.4. The van der Waals surface area contributed by atoms with Crippen molar-refractivity contribution >= 4 is 29.0 Å². The van der Waals surface area contributed by atoms with Crippen molar-refractivity contribution < 1.29 is 43.0 Å². The molecule has 3 unspecified atom stereocenters. The first-order valence-electron chi connectivity index (χ1n) is 18.7. The lowest BCUT2D eigenvalue weighted by Gasteiger charge is -2.49. The summed E-state index contributed by atoms with van der Waals surface area (Å²) in [4.78, 5) is 44.3. The number of rotatable bonds is 7. The number of nitrogens with one attached hydrogen (secondary N) is 2. The van der Waals surface area contributed by atoms with Crippen LogP contribution in [0, 0.1) is 23.2 Å². The molecule has 14 heteroatoms. The minimum absolute atomic E-state index is 0.142. The SMILES string of the molecule is CC[C@H]1OC(=O)CC(=O)[C@H](C)[C@@H](O[C@@H]2O[C@H](C(C)N[S@@+]([O-])C(C)(C)C)CC(N(C)C)[C@H]2O)[C@]2(C)CC2[C@@H](C)CN(C)[C@H](C)[C@H]2NC(=O)CO[C@@]21C. The number of esters is 1. The molecule has 4 fully saturated rings. The van der Waals surface area contributed by atoms with E-state index in [9.17, 15) is 24.0 Å². The molecule has 3 aliphatic heterocycles. The lowest BCUT2D eigenvalue weighted by Crippen LogP contribution is -2.70. The van der Waals surface area contributed by atoms with Crippen molar-refractivity contribution in [2.45, 2.75) is 160 Å². The molecule has 4 aliphatic rings. The van der Waals surface area contributed by atoms with E-state index in [1.165, 1.54) is 0 Å². The van der Waals surface area contributed by atoms with Crippen LogP contribution in [0.4, 0.5) is 0 Å². The van der Waals surface area contributed by atoms with Gasteiger partial charge in [0.2, 0.25) is 5.91 Å². The highest BCUT2D eigenvalue weighted by Crippen LogP contribution is 2.61. The van der Waals surface area contributed by atoms with Gasteiger partial charge in [0.25, 0.3) is 0 Å². The van der Waals surface area contributed by atoms with Gasteiger partial charge >= 0.3 is 5.97 Å². The molecule has 13 nitrogen and oxygen atoms in total. The maximum absolute atomic E-state index is 14.0. The summed E-state index contributed by atoms with van der Waals surface area (Å²) in [5.74, 6) is -1.56. The molecule has 0 spiro atoms. The number of Topliss-reactive ketones (excluding diaryl/α,β-unsaturated/α-hetero) is 1. The van der Waals surface area contributed by atoms with Crippen molar-refractivity contribution in [2.75, 3.05) is 34.3 Å². The zero-order valence-corrected chi connectivity index (χ0v) is 34.0. The van der Waals surface area contributed by atoms with Gasteiger partial charge in [0.15, 0.2) is 6.29 Å². The van der Waals surface area contributed by atoms with Gasteiger partial charge in [-0.3, -0.25) is 14.4 Å². The number of hydrogen-bond donors (Lipinski definition) is 3. The Balaban J connectivity index is 1.66. The van der Waals surface area contributed by atoms with E-state index in [2.05, 4.69) is 28.8 Å². The zero-order valence-electron chi connectivity index (χ0n) is 33.2. The summed E-state index contributed by atoms with van der Waals surface area (Å²) < 4.78 is 41.2. The van der Waals surface area contributed by atoms with Gasteiger partial charge in [0, 0.05) is 35.9 Å². The first-order chi connectivity index (χ1) is 23.5. The average molecular weight is 743 g/mol. The number of hydrogen-bond acceptors (Lipinski definition) is 12. The van der Waals surface area contributed by atoms with E-state index in [-0.39, 0.29) is 48.3 Å². The molecule has 4 rings (SSSR count). The molecular formula is C37H66N4O9S. The maximum atomic E-state index is 14.0. The molecule has 51 heavy (non-hydrogen) atoms. The van der Waals surface area contributed by atoms with Crippen LogP contribution in [-0.2, 0) is 44.7 Å². The van der Waals surface area contributed by atoms with E-state index < -0.39 is 82.2 Å². The van der Waals surface area contributed by atoms with E-state index in [0.717, 1.165) is 6.42 Å². The van der Waals surface area contributed by atoms with Crippen LogP contribution >= 0.6 is 0 Å². The van der Waals surface area contributed by atoms with Gasteiger partial charge in [-0.15, -0.1) is 4.72 Å². The van der Waals surface area contributed by atoms with Crippen LogP contribution in [-0.4, -0.2) is 137 Å². The van der Waals surface area contributed by atoms with E-state index >= 15 is 0 Å². The lowest BCUT2D eigenvalue weighted by molar-refractivity contribution is -0.285.